The van der Waals surface area contributed by atoms with E-state index >= 15 is 0 Å². The third kappa shape index (κ3) is 2.59. The molecule has 0 aliphatic carbocycles. The Kier molecular flexibility index (Phi) is 3.76. The normalized spacial score (nSPS) is 12.2. The van der Waals surface area contributed by atoms with E-state index < -0.39 is 10.0 Å². The third-order valence-electron chi connectivity index (χ3n) is 2.48. The molecule has 0 amide bonds. The Morgan fingerprint density at radius 2 is 2.22 bits per heavy atom. The standard InChI is InChI=1S/C10H12ClN3O2S2/c1-7-9(5-12-13-7)18(15,16)14(2)6-8-3-4-10(11)17-8/h3-5H,6H2,1-2H3,(H,12,13). The summed E-state index contributed by atoms with van der Waals surface area (Å²) in [6.45, 7) is 1.97. The summed E-state index contributed by atoms with van der Waals surface area (Å²) in [5.74, 6) is 0. The number of halogens is 1. The van der Waals surface area contributed by atoms with Crippen LogP contribution in [0.3, 0.4) is 0 Å². The molecule has 98 valence electrons. The number of rotatable bonds is 4. The maximum atomic E-state index is 12.3. The molecule has 0 aliphatic heterocycles. The first-order chi connectivity index (χ1) is 8.41. The monoisotopic (exact) mass is 305 g/mol. The SMILES string of the molecule is Cc1[nH]ncc1S(=O)(=O)N(C)Cc1ccc(Cl)s1. The van der Waals surface area contributed by atoms with Crippen molar-refractivity contribution in [3.63, 3.8) is 0 Å². The molecule has 0 saturated heterocycles. The van der Waals surface area contributed by atoms with Gasteiger partial charge in [0.2, 0.25) is 10.0 Å². The van der Waals surface area contributed by atoms with Gasteiger partial charge in [-0.2, -0.15) is 9.40 Å². The van der Waals surface area contributed by atoms with Crippen molar-refractivity contribution in [2.24, 2.45) is 0 Å². The highest BCUT2D eigenvalue weighted by Crippen LogP contribution is 2.25. The number of H-pyrrole nitrogens is 1. The van der Waals surface area contributed by atoms with Crippen molar-refractivity contribution < 1.29 is 8.42 Å². The van der Waals surface area contributed by atoms with Crippen LogP contribution in [0, 0.1) is 6.92 Å². The fourth-order valence-electron chi connectivity index (χ4n) is 1.51. The zero-order valence-corrected chi connectivity index (χ0v) is 12.2. The van der Waals surface area contributed by atoms with Gasteiger partial charge in [0.1, 0.15) is 4.90 Å². The number of thiophene rings is 1. The molecule has 0 saturated carbocycles. The zero-order chi connectivity index (χ0) is 13.3. The van der Waals surface area contributed by atoms with Gasteiger partial charge in [-0.15, -0.1) is 11.3 Å². The molecule has 2 rings (SSSR count). The summed E-state index contributed by atoms with van der Waals surface area (Å²) in [5, 5.41) is 6.36. The number of aromatic amines is 1. The lowest BCUT2D eigenvalue weighted by Crippen LogP contribution is -2.26. The topological polar surface area (TPSA) is 66.1 Å². The number of aryl methyl sites for hydroxylation is 1. The Morgan fingerprint density at radius 3 is 2.72 bits per heavy atom. The second-order valence-corrected chi connectivity index (χ2v) is 7.64. The number of hydrogen-bond acceptors (Lipinski definition) is 4. The molecule has 0 bridgehead atoms. The molecule has 8 heteroatoms. The summed E-state index contributed by atoms with van der Waals surface area (Å²) >= 11 is 7.19. The van der Waals surface area contributed by atoms with Gasteiger partial charge in [-0.25, -0.2) is 8.42 Å². The molecule has 1 N–H and O–H groups in total. The Hall–Kier alpha value is -0.890. The molecule has 2 aromatic rings. The van der Waals surface area contributed by atoms with Crippen LogP contribution in [0.1, 0.15) is 10.6 Å². The van der Waals surface area contributed by atoms with Crippen LogP contribution in [-0.2, 0) is 16.6 Å². The Bertz CT molecular complexity index is 648. The molecule has 0 radical (unpaired) electrons. The van der Waals surface area contributed by atoms with E-state index in [1.54, 1.807) is 13.0 Å². The summed E-state index contributed by atoms with van der Waals surface area (Å²) in [5.41, 5.74) is 0.533. The van der Waals surface area contributed by atoms with Crippen LogP contribution >= 0.6 is 22.9 Å². The fourth-order valence-corrected chi connectivity index (χ4v) is 3.99. The van der Waals surface area contributed by atoms with E-state index in [0.717, 1.165) is 4.88 Å². The molecular formula is C10H12ClN3O2S2. The lowest BCUT2D eigenvalue weighted by Gasteiger charge is -2.15. The van der Waals surface area contributed by atoms with Gasteiger partial charge in [0.25, 0.3) is 0 Å². The fraction of sp³-hybridized carbons (Fsp3) is 0.300. The molecule has 0 aromatic carbocycles. The molecule has 18 heavy (non-hydrogen) atoms. The molecule has 5 nitrogen and oxygen atoms in total. The minimum Gasteiger partial charge on any atom is -0.281 e. The van der Waals surface area contributed by atoms with Gasteiger partial charge in [0.05, 0.1) is 16.2 Å². The van der Waals surface area contributed by atoms with Gasteiger partial charge >= 0.3 is 0 Å². The highest BCUT2D eigenvalue weighted by molar-refractivity contribution is 7.89. The van der Waals surface area contributed by atoms with Gasteiger partial charge < -0.3 is 0 Å². The van der Waals surface area contributed by atoms with Crippen molar-refractivity contribution in [3.05, 3.63) is 33.2 Å². The lowest BCUT2D eigenvalue weighted by atomic mass is 10.5. The molecule has 0 unspecified atom stereocenters. The third-order valence-corrected chi connectivity index (χ3v) is 5.61. The first kappa shape index (κ1) is 13.5. The van der Waals surface area contributed by atoms with Crippen molar-refractivity contribution in [1.82, 2.24) is 14.5 Å². The van der Waals surface area contributed by atoms with Gasteiger partial charge in [-0.3, -0.25) is 5.10 Å². The lowest BCUT2D eigenvalue weighted by molar-refractivity contribution is 0.469. The molecule has 0 aliphatic rings. The van der Waals surface area contributed by atoms with Crippen molar-refractivity contribution in [3.8, 4) is 0 Å². The minimum absolute atomic E-state index is 0.202. The van der Waals surface area contributed by atoms with Crippen LogP contribution in [0.5, 0.6) is 0 Å². The van der Waals surface area contributed by atoms with E-state index in [1.165, 1.54) is 28.9 Å². The van der Waals surface area contributed by atoms with Crippen LogP contribution < -0.4 is 0 Å². The van der Waals surface area contributed by atoms with Crippen LogP contribution in [0.2, 0.25) is 4.34 Å². The molecule has 2 heterocycles. The van der Waals surface area contributed by atoms with E-state index in [-0.39, 0.29) is 4.90 Å². The van der Waals surface area contributed by atoms with Crippen molar-refractivity contribution in [1.29, 1.82) is 0 Å². The maximum absolute atomic E-state index is 12.3. The second-order valence-electron chi connectivity index (χ2n) is 3.83. The predicted octanol–water partition coefficient (Wildman–Crippen LogP) is 2.25. The summed E-state index contributed by atoms with van der Waals surface area (Å²) in [4.78, 5) is 1.10. The van der Waals surface area contributed by atoms with E-state index in [9.17, 15) is 8.42 Å². The van der Waals surface area contributed by atoms with Crippen molar-refractivity contribution in [2.75, 3.05) is 7.05 Å². The van der Waals surface area contributed by atoms with Gasteiger partial charge in [0.15, 0.2) is 0 Å². The largest absolute Gasteiger partial charge is 0.281 e. The number of nitrogens with zero attached hydrogens (tertiary/aromatic N) is 2. The molecule has 0 atom stereocenters. The van der Waals surface area contributed by atoms with E-state index in [1.807, 2.05) is 6.07 Å². The first-order valence-electron chi connectivity index (χ1n) is 5.12. The van der Waals surface area contributed by atoms with Gasteiger partial charge in [-0.05, 0) is 19.1 Å². The molecule has 0 fully saturated rings. The van der Waals surface area contributed by atoms with E-state index in [2.05, 4.69) is 10.2 Å². The quantitative estimate of drug-likeness (QED) is 0.942. The molecule has 2 aromatic heterocycles. The molecule has 0 spiro atoms. The molecular weight excluding hydrogens is 294 g/mol. The van der Waals surface area contributed by atoms with Crippen LogP contribution in [-0.4, -0.2) is 30.0 Å². The average molecular weight is 306 g/mol. The van der Waals surface area contributed by atoms with Crippen LogP contribution in [0.25, 0.3) is 0 Å². The van der Waals surface area contributed by atoms with Crippen molar-refractivity contribution >= 4 is 33.0 Å². The highest BCUT2D eigenvalue weighted by atomic mass is 35.5. The first-order valence-corrected chi connectivity index (χ1v) is 7.75. The minimum atomic E-state index is -3.51. The number of hydrogen-bond donors (Lipinski definition) is 1. The second kappa shape index (κ2) is 5.00. The van der Waals surface area contributed by atoms with Crippen molar-refractivity contribution in [2.45, 2.75) is 18.4 Å². The predicted molar refractivity (Wildman–Crippen MR) is 71.3 cm³/mol. The number of nitrogens with one attached hydrogen (secondary N) is 1. The van der Waals surface area contributed by atoms with E-state index in [4.69, 9.17) is 11.6 Å². The van der Waals surface area contributed by atoms with Gasteiger partial charge in [0, 0.05) is 18.5 Å². The smallest absolute Gasteiger partial charge is 0.246 e. The highest BCUT2D eigenvalue weighted by Gasteiger charge is 2.24. The Morgan fingerprint density at radius 1 is 1.50 bits per heavy atom. The summed E-state index contributed by atoms with van der Waals surface area (Å²) in [7, 11) is -1.97. The Labute approximate surface area is 114 Å². The maximum Gasteiger partial charge on any atom is 0.246 e. The van der Waals surface area contributed by atoms with Crippen LogP contribution in [0.15, 0.2) is 23.2 Å². The Balaban J connectivity index is 2.23. The summed E-state index contributed by atoms with van der Waals surface area (Å²) in [6.07, 6.45) is 1.32. The number of aromatic nitrogens is 2. The summed E-state index contributed by atoms with van der Waals surface area (Å²) < 4.78 is 26.5. The van der Waals surface area contributed by atoms with E-state index in [0.29, 0.717) is 16.6 Å². The van der Waals surface area contributed by atoms with Crippen LogP contribution in [0.4, 0.5) is 0 Å². The van der Waals surface area contributed by atoms with Gasteiger partial charge in [-0.1, -0.05) is 11.6 Å². The zero-order valence-electron chi connectivity index (χ0n) is 9.84. The average Bonchev–Trinajstić information content (AvgIpc) is 2.87. The number of sulfonamides is 1. The summed E-state index contributed by atoms with van der Waals surface area (Å²) in [6, 6.07) is 3.58.